The summed E-state index contributed by atoms with van der Waals surface area (Å²) >= 11 is 0. The molecule has 2 heterocycles. The molecule has 3 aliphatic rings. The molecule has 3 fully saturated rings. The SMILES string of the molecule is COC1CCCC1NC1CCN2CCC1C2. The van der Waals surface area contributed by atoms with Gasteiger partial charge in [0.1, 0.15) is 0 Å². The summed E-state index contributed by atoms with van der Waals surface area (Å²) in [6.45, 7) is 3.97. The first-order valence-corrected chi connectivity index (χ1v) is 6.88. The molecule has 0 aromatic carbocycles. The summed E-state index contributed by atoms with van der Waals surface area (Å²) < 4.78 is 5.57. The molecule has 5 unspecified atom stereocenters. The van der Waals surface area contributed by atoms with Gasteiger partial charge < -0.3 is 15.0 Å². The van der Waals surface area contributed by atoms with E-state index in [-0.39, 0.29) is 0 Å². The van der Waals surface area contributed by atoms with Crippen LogP contribution >= 0.6 is 0 Å². The van der Waals surface area contributed by atoms with E-state index in [4.69, 9.17) is 4.74 Å². The number of nitrogens with one attached hydrogen (secondary N) is 1. The second-order valence-corrected chi connectivity index (χ2v) is 5.72. The Morgan fingerprint density at radius 2 is 1.94 bits per heavy atom. The molecule has 2 bridgehead atoms. The lowest BCUT2D eigenvalue weighted by Gasteiger charge is -2.34. The van der Waals surface area contributed by atoms with Crippen LogP contribution < -0.4 is 5.32 Å². The standard InChI is InChI=1S/C13H24N2O/c1-16-13-4-2-3-12(13)14-11-6-8-15-7-5-10(11)9-15/h10-14H,2-9H2,1H3. The Balaban J connectivity index is 1.57. The largest absolute Gasteiger partial charge is 0.380 e. The third kappa shape index (κ3) is 2.01. The zero-order valence-corrected chi connectivity index (χ0v) is 10.3. The zero-order chi connectivity index (χ0) is 11.0. The van der Waals surface area contributed by atoms with Crippen LogP contribution in [0.2, 0.25) is 0 Å². The van der Waals surface area contributed by atoms with Crippen LogP contribution in [-0.2, 0) is 4.74 Å². The average Bonchev–Trinajstić information content (AvgIpc) is 2.89. The Kier molecular flexibility index (Phi) is 3.18. The second kappa shape index (κ2) is 4.63. The summed E-state index contributed by atoms with van der Waals surface area (Å²) in [5.74, 6) is 0.909. The minimum Gasteiger partial charge on any atom is -0.380 e. The van der Waals surface area contributed by atoms with E-state index in [1.165, 1.54) is 51.7 Å². The Labute approximate surface area is 98.5 Å². The van der Waals surface area contributed by atoms with Gasteiger partial charge in [-0.15, -0.1) is 0 Å². The van der Waals surface area contributed by atoms with Crippen molar-refractivity contribution >= 4 is 0 Å². The molecule has 16 heavy (non-hydrogen) atoms. The molecular weight excluding hydrogens is 200 g/mol. The van der Waals surface area contributed by atoms with Gasteiger partial charge >= 0.3 is 0 Å². The average molecular weight is 224 g/mol. The van der Waals surface area contributed by atoms with E-state index < -0.39 is 0 Å². The number of rotatable bonds is 3. The van der Waals surface area contributed by atoms with Crippen LogP contribution in [-0.4, -0.2) is 49.8 Å². The third-order valence-corrected chi connectivity index (χ3v) is 4.82. The summed E-state index contributed by atoms with van der Waals surface area (Å²) in [6.07, 6.45) is 7.11. The lowest BCUT2D eigenvalue weighted by atomic mass is 9.93. The van der Waals surface area contributed by atoms with Crippen molar-refractivity contribution < 1.29 is 4.74 Å². The predicted octanol–water partition coefficient (Wildman–Crippen LogP) is 1.24. The van der Waals surface area contributed by atoms with E-state index in [9.17, 15) is 0 Å². The highest BCUT2D eigenvalue weighted by Gasteiger charge is 2.37. The highest BCUT2D eigenvalue weighted by Crippen LogP contribution is 2.29. The molecule has 2 saturated heterocycles. The van der Waals surface area contributed by atoms with Crippen LogP contribution in [0.1, 0.15) is 32.1 Å². The molecule has 0 spiro atoms. The number of ether oxygens (including phenoxy) is 1. The molecule has 1 aliphatic carbocycles. The minimum atomic E-state index is 0.472. The Bertz CT molecular complexity index is 246. The monoisotopic (exact) mass is 224 g/mol. The van der Waals surface area contributed by atoms with Gasteiger partial charge in [-0.2, -0.15) is 0 Å². The zero-order valence-electron chi connectivity index (χ0n) is 10.3. The molecule has 2 aliphatic heterocycles. The molecule has 3 heteroatoms. The van der Waals surface area contributed by atoms with Crippen molar-refractivity contribution in [1.29, 1.82) is 0 Å². The molecule has 3 rings (SSSR count). The van der Waals surface area contributed by atoms with Crippen molar-refractivity contribution in [1.82, 2.24) is 10.2 Å². The molecule has 5 atom stereocenters. The smallest absolute Gasteiger partial charge is 0.0724 e. The topological polar surface area (TPSA) is 24.5 Å². The maximum atomic E-state index is 5.57. The van der Waals surface area contributed by atoms with Gasteiger partial charge in [0.05, 0.1) is 6.10 Å². The summed E-state index contributed by atoms with van der Waals surface area (Å²) in [5.41, 5.74) is 0. The molecule has 0 aromatic rings. The Morgan fingerprint density at radius 3 is 2.81 bits per heavy atom. The first kappa shape index (κ1) is 11.0. The molecule has 3 nitrogen and oxygen atoms in total. The van der Waals surface area contributed by atoms with Crippen LogP contribution in [0.25, 0.3) is 0 Å². The molecule has 0 aromatic heterocycles. The maximum absolute atomic E-state index is 5.57. The maximum Gasteiger partial charge on any atom is 0.0724 e. The quantitative estimate of drug-likeness (QED) is 0.780. The molecule has 0 amide bonds. The van der Waals surface area contributed by atoms with Crippen molar-refractivity contribution in [3.8, 4) is 0 Å². The molecule has 1 saturated carbocycles. The summed E-state index contributed by atoms with van der Waals surface area (Å²) in [7, 11) is 1.86. The highest BCUT2D eigenvalue weighted by molar-refractivity contribution is 4.94. The van der Waals surface area contributed by atoms with E-state index in [1.54, 1.807) is 0 Å². The Morgan fingerprint density at radius 1 is 1.06 bits per heavy atom. The van der Waals surface area contributed by atoms with Gasteiger partial charge in [0.25, 0.3) is 0 Å². The molecular formula is C13H24N2O. The van der Waals surface area contributed by atoms with Gasteiger partial charge in [0, 0.05) is 25.7 Å². The molecule has 0 radical (unpaired) electrons. The highest BCUT2D eigenvalue weighted by atomic mass is 16.5. The number of hydrogen-bond donors (Lipinski definition) is 1. The van der Waals surface area contributed by atoms with Gasteiger partial charge in [0.2, 0.25) is 0 Å². The number of piperidine rings is 1. The number of nitrogens with zero attached hydrogens (tertiary/aromatic N) is 1. The fourth-order valence-electron chi connectivity index (χ4n) is 3.84. The van der Waals surface area contributed by atoms with Crippen LogP contribution in [0.3, 0.4) is 0 Å². The van der Waals surface area contributed by atoms with Gasteiger partial charge in [-0.25, -0.2) is 0 Å². The van der Waals surface area contributed by atoms with Crippen molar-refractivity contribution in [2.75, 3.05) is 26.7 Å². The molecule has 92 valence electrons. The summed E-state index contributed by atoms with van der Waals surface area (Å²) in [6, 6.07) is 1.39. The van der Waals surface area contributed by atoms with Crippen molar-refractivity contribution in [2.45, 2.75) is 50.3 Å². The first-order valence-electron chi connectivity index (χ1n) is 6.88. The van der Waals surface area contributed by atoms with Crippen LogP contribution in [0.15, 0.2) is 0 Å². The van der Waals surface area contributed by atoms with E-state index in [2.05, 4.69) is 10.2 Å². The lowest BCUT2D eigenvalue weighted by Crippen LogP contribution is -2.50. The third-order valence-electron chi connectivity index (χ3n) is 4.82. The summed E-state index contributed by atoms with van der Waals surface area (Å²) in [4.78, 5) is 2.62. The number of methoxy groups -OCH3 is 1. The van der Waals surface area contributed by atoms with Crippen molar-refractivity contribution in [2.24, 2.45) is 5.92 Å². The van der Waals surface area contributed by atoms with Gasteiger partial charge in [-0.05, 0) is 51.1 Å². The minimum absolute atomic E-state index is 0.472. The first-order chi connectivity index (χ1) is 7.86. The van der Waals surface area contributed by atoms with Crippen LogP contribution in [0, 0.1) is 5.92 Å². The van der Waals surface area contributed by atoms with Crippen molar-refractivity contribution in [3.05, 3.63) is 0 Å². The van der Waals surface area contributed by atoms with Crippen LogP contribution in [0.5, 0.6) is 0 Å². The van der Waals surface area contributed by atoms with E-state index in [0.717, 1.165) is 12.0 Å². The fourth-order valence-corrected chi connectivity index (χ4v) is 3.84. The fraction of sp³-hybridized carbons (Fsp3) is 1.00. The summed E-state index contributed by atoms with van der Waals surface area (Å²) in [5, 5.41) is 3.89. The van der Waals surface area contributed by atoms with Gasteiger partial charge in [-0.3, -0.25) is 0 Å². The van der Waals surface area contributed by atoms with E-state index in [0.29, 0.717) is 12.1 Å². The van der Waals surface area contributed by atoms with Gasteiger partial charge in [-0.1, -0.05) is 0 Å². The van der Waals surface area contributed by atoms with E-state index >= 15 is 0 Å². The number of fused-ring (bicyclic) bond motifs is 2. The number of hydrogen-bond acceptors (Lipinski definition) is 3. The van der Waals surface area contributed by atoms with Gasteiger partial charge in [0.15, 0.2) is 0 Å². The van der Waals surface area contributed by atoms with Crippen molar-refractivity contribution in [3.63, 3.8) is 0 Å². The van der Waals surface area contributed by atoms with Crippen LogP contribution in [0.4, 0.5) is 0 Å². The second-order valence-electron chi connectivity index (χ2n) is 5.72. The van der Waals surface area contributed by atoms with E-state index in [1.807, 2.05) is 7.11 Å². The predicted molar refractivity (Wildman–Crippen MR) is 64.5 cm³/mol. The normalized spacial score (nSPS) is 47.4. The molecule has 1 N–H and O–H groups in total. The Hall–Kier alpha value is -0.120. The lowest BCUT2D eigenvalue weighted by molar-refractivity contribution is 0.0741.